The van der Waals surface area contributed by atoms with Crippen molar-refractivity contribution >= 4 is 5.97 Å². The van der Waals surface area contributed by atoms with Gasteiger partial charge in [0.05, 0.1) is 6.61 Å². The van der Waals surface area contributed by atoms with E-state index in [-0.39, 0.29) is 5.82 Å². The van der Waals surface area contributed by atoms with Crippen LogP contribution in [0.5, 0.6) is 0 Å². The zero-order valence-corrected chi connectivity index (χ0v) is 8.19. The number of hydrogen-bond donors (Lipinski definition) is 0. The van der Waals surface area contributed by atoms with E-state index in [1.54, 1.807) is 6.92 Å². The number of hydrogen-bond acceptors (Lipinski definition) is 5. The molecule has 1 fully saturated rings. The summed E-state index contributed by atoms with van der Waals surface area (Å²) in [5.41, 5.74) is 0. The van der Waals surface area contributed by atoms with Crippen LogP contribution in [0.25, 0.3) is 0 Å². The minimum atomic E-state index is -0.518. The molecule has 1 heterocycles. The van der Waals surface area contributed by atoms with E-state index in [1.165, 1.54) is 0 Å². The number of ether oxygens (including phenoxy) is 1. The number of nitrogens with zero attached hydrogens (tertiary/aromatic N) is 2. The van der Waals surface area contributed by atoms with Crippen LogP contribution in [-0.2, 0) is 4.74 Å². The zero-order chi connectivity index (χ0) is 10.1. The van der Waals surface area contributed by atoms with Crippen LogP contribution in [0.2, 0.25) is 0 Å². The predicted octanol–water partition coefficient (Wildman–Crippen LogP) is 1.37. The normalized spacial score (nSPS) is 24.7. The van der Waals surface area contributed by atoms with E-state index in [4.69, 9.17) is 9.26 Å². The van der Waals surface area contributed by atoms with Crippen LogP contribution in [0, 0.1) is 5.92 Å². The molecule has 76 valence electrons. The minimum absolute atomic E-state index is 0.0287. The maximum Gasteiger partial charge on any atom is 0.379 e. The molecule has 1 aromatic heterocycles. The summed E-state index contributed by atoms with van der Waals surface area (Å²) in [4.78, 5) is 15.2. The first-order valence-corrected chi connectivity index (χ1v) is 4.73. The summed E-state index contributed by atoms with van der Waals surface area (Å²) in [6, 6.07) is 0. The highest BCUT2D eigenvalue weighted by Gasteiger charge is 2.39. The minimum Gasteiger partial charge on any atom is -0.460 e. The fraction of sp³-hybridized carbons (Fsp3) is 0.667. The number of carbonyl (C=O) groups excluding carboxylic acids is 1. The van der Waals surface area contributed by atoms with E-state index < -0.39 is 5.97 Å². The lowest BCUT2D eigenvalue weighted by Crippen LogP contribution is -2.06. The molecule has 0 spiro atoms. The van der Waals surface area contributed by atoms with Gasteiger partial charge in [-0.1, -0.05) is 6.92 Å². The number of rotatable bonds is 3. The molecule has 0 amide bonds. The first-order valence-electron chi connectivity index (χ1n) is 4.73. The summed E-state index contributed by atoms with van der Waals surface area (Å²) in [6.07, 6.45) is 1.06. The predicted molar refractivity (Wildman–Crippen MR) is 46.8 cm³/mol. The number of esters is 1. The van der Waals surface area contributed by atoms with Crippen LogP contribution < -0.4 is 0 Å². The average Bonchev–Trinajstić information content (AvgIpc) is 2.70. The molecule has 2 rings (SSSR count). The van der Waals surface area contributed by atoms with Crippen molar-refractivity contribution in [2.75, 3.05) is 6.61 Å². The molecule has 5 nitrogen and oxygen atoms in total. The highest BCUT2D eigenvalue weighted by Crippen LogP contribution is 2.45. The maximum absolute atomic E-state index is 11.2. The summed E-state index contributed by atoms with van der Waals surface area (Å²) in [6.45, 7) is 4.17. The van der Waals surface area contributed by atoms with Crippen molar-refractivity contribution in [3.63, 3.8) is 0 Å². The first-order chi connectivity index (χ1) is 6.72. The highest BCUT2D eigenvalue weighted by molar-refractivity contribution is 5.84. The standard InChI is InChI=1S/C9H12N2O3/c1-3-13-9(12)7-10-8(14-11-7)6-4-5(6)2/h5-6H,3-4H2,1-2H3/t5-,6-/m1/s1. The molecule has 0 N–H and O–H groups in total. The van der Waals surface area contributed by atoms with Gasteiger partial charge in [-0.05, 0) is 24.4 Å². The van der Waals surface area contributed by atoms with Gasteiger partial charge in [0.2, 0.25) is 5.89 Å². The van der Waals surface area contributed by atoms with E-state index in [0.29, 0.717) is 24.3 Å². The van der Waals surface area contributed by atoms with Crippen molar-refractivity contribution in [1.82, 2.24) is 10.1 Å². The average molecular weight is 196 g/mol. The maximum atomic E-state index is 11.2. The van der Waals surface area contributed by atoms with Crippen LogP contribution >= 0.6 is 0 Å². The van der Waals surface area contributed by atoms with Crippen LogP contribution in [0.1, 0.15) is 42.7 Å². The molecule has 1 saturated carbocycles. The SMILES string of the molecule is CCOC(=O)c1noc([C@@H]2C[C@H]2C)n1. The molecule has 0 radical (unpaired) electrons. The molecule has 5 heteroatoms. The van der Waals surface area contributed by atoms with Crippen molar-refractivity contribution < 1.29 is 14.1 Å². The third-order valence-corrected chi connectivity index (χ3v) is 2.33. The van der Waals surface area contributed by atoms with Gasteiger partial charge in [0.25, 0.3) is 5.82 Å². The van der Waals surface area contributed by atoms with E-state index in [1.807, 2.05) is 0 Å². The van der Waals surface area contributed by atoms with Gasteiger partial charge in [0.1, 0.15) is 0 Å². The lowest BCUT2D eigenvalue weighted by molar-refractivity contribution is 0.0508. The third-order valence-electron chi connectivity index (χ3n) is 2.33. The quantitative estimate of drug-likeness (QED) is 0.683. The second kappa shape index (κ2) is 3.40. The van der Waals surface area contributed by atoms with Crippen LogP contribution in [0.15, 0.2) is 4.52 Å². The molecular formula is C9H12N2O3. The number of carbonyl (C=O) groups is 1. The Labute approximate surface area is 81.4 Å². The molecule has 0 unspecified atom stereocenters. The molecule has 14 heavy (non-hydrogen) atoms. The molecule has 0 bridgehead atoms. The summed E-state index contributed by atoms with van der Waals surface area (Å²) < 4.78 is 9.71. The third kappa shape index (κ3) is 1.62. The highest BCUT2D eigenvalue weighted by atomic mass is 16.5. The van der Waals surface area contributed by atoms with Gasteiger partial charge in [-0.25, -0.2) is 4.79 Å². The first kappa shape index (κ1) is 9.18. The van der Waals surface area contributed by atoms with E-state index in [2.05, 4.69) is 17.1 Å². The van der Waals surface area contributed by atoms with Crippen LogP contribution in [0.3, 0.4) is 0 Å². The van der Waals surface area contributed by atoms with Crippen molar-refractivity contribution in [3.05, 3.63) is 11.7 Å². The molecule has 0 saturated heterocycles. The van der Waals surface area contributed by atoms with Crippen LogP contribution in [-0.4, -0.2) is 22.7 Å². The summed E-state index contributed by atoms with van der Waals surface area (Å²) in [7, 11) is 0. The zero-order valence-electron chi connectivity index (χ0n) is 8.19. The van der Waals surface area contributed by atoms with Gasteiger partial charge in [0.15, 0.2) is 0 Å². The monoisotopic (exact) mass is 196 g/mol. The van der Waals surface area contributed by atoms with Gasteiger partial charge in [-0.3, -0.25) is 0 Å². The second-order valence-electron chi connectivity index (χ2n) is 3.50. The fourth-order valence-electron chi connectivity index (χ4n) is 1.33. The van der Waals surface area contributed by atoms with Gasteiger partial charge in [0, 0.05) is 5.92 Å². The topological polar surface area (TPSA) is 65.2 Å². The summed E-state index contributed by atoms with van der Waals surface area (Å²) in [5.74, 6) is 0.994. The largest absolute Gasteiger partial charge is 0.460 e. The van der Waals surface area contributed by atoms with E-state index >= 15 is 0 Å². The lowest BCUT2D eigenvalue weighted by atomic mass is 10.3. The molecule has 0 aromatic carbocycles. The van der Waals surface area contributed by atoms with Crippen molar-refractivity contribution in [2.24, 2.45) is 5.92 Å². The van der Waals surface area contributed by atoms with Crippen molar-refractivity contribution in [1.29, 1.82) is 0 Å². The Morgan fingerprint density at radius 3 is 3.00 bits per heavy atom. The number of aromatic nitrogens is 2. The van der Waals surface area contributed by atoms with Gasteiger partial charge in [-0.2, -0.15) is 4.98 Å². The van der Waals surface area contributed by atoms with E-state index in [0.717, 1.165) is 6.42 Å². The molecule has 1 aromatic rings. The Hall–Kier alpha value is -1.39. The van der Waals surface area contributed by atoms with Crippen molar-refractivity contribution in [3.8, 4) is 0 Å². The molecular weight excluding hydrogens is 184 g/mol. The Kier molecular flexibility index (Phi) is 2.23. The fourth-order valence-corrected chi connectivity index (χ4v) is 1.33. The van der Waals surface area contributed by atoms with Gasteiger partial charge in [-0.15, -0.1) is 0 Å². The van der Waals surface area contributed by atoms with Gasteiger partial charge >= 0.3 is 5.97 Å². The van der Waals surface area contributed by atoms with Crippen molar-refractivity contribution in [2.45, 2.75) is 26.2 Å². The van der Waals surface area contributed by atoms with E-state index in [9.17, 15) is 4.79 Å². The Morgan fingerprint density at radius 2 is 2.43 bits per heavy atom. The second-order valence-corrected chi connectivity index (χ2v) is 3.50. The van der Waals surface area contributed by atoms with Gasteiger partial charge < -0.3 is 9.26 Å². The summed E-state index contributed by atoms with van der Waals surface area (Å²) in [5, 5.41) is 3.57. The Morgan fingerprint density at radius 1 is 1.71 bits per heavy atom. The molecule has 1 aliphatic carbocycles. The van der Waals surface area contributed by atoms with Crippen LogP contribution in [0.4, 0.5) is 0 Å². The lowest BCUT2D eigenvalue weighted by Gasteiger charge is -1.93. The Balaban J connectivity index is 2.06. The summed E-state index contributed by atoms with van der Waals surface area (Å²) >= 11 is 0. The molecule has 0 aliphatic heterocycles. The molecule has 2 atom stereocenters. The smallest absolute Gasteiger partial charge is 0.379 e. The molecule has 1 aliphatic rings. The Bertz CT molecular complexity index is 348.